The van der Waals surface area contributed by atoms with Gasteiger partial charge in [-0.1, -0.05) is 57.6 Å². The van der Waals surface area contributed by atoms with Crippen LogP contribution in [-0.2, 0) is 38.1 Å². The first kappa shape index (κ1) is 54.3. The molecule has 0 spiro atoms. The van der Waals surface area contributed by atoms with Crippen molar-refractivity contribution in [3.8, 4) is 0 Å². The number of amides is 1. The van der Waals surface area contributed by atoms with Gasteiger partial charge in [0.05, 0.1) is 30.5 Å². The van der Waals surface area contributed by atoms with Crippen molar-refractivity contribution in [2.75, 3.05) is 27.9 Å². The summed E-state index contributed by atoms with van der Waals surface area (Å²) in [5, 5.41) is 43.8. The first-order valence-corrected chi connectivity index (χ1v) is 21.8. The number of hydrogen-bond acceptors (Lipinski definition) is 12. The Labute approximate surface area is 365 Å². The van der Waals surface area contributed by atoms with Crippen molar-refractivity contribution >= 4 is 23.4 Å². The fourth-order valence-electron chi connectivity index (χ4n) is 9.65. The van der Waals surface area contributed by atoms with E-state index in [1.54, 1.807) is 35.2 Å². The molecule has 14 heteroatoms. The van der Waals surface area contributed by atoms with Gasteiger partial charge in [-0.15, -0.1) is 0 Å². The van der Waals surface area contributed by atoms with Gasteiger partial charge in [0.15, 0.2) is 0 Å². The van der Waals surface area contributed by atoms with Gasteiger partial charge in [-0.05, 0) is 109 Å². The van der Waals surface area contributed by atoms with Crippen molar-refractivity contribution in [2.24, 2.45) is 29.6 Å². The molecule has 3 aliphatic heterocycles. The molecule has 0 aromatic rings. The Morgan fingerprint density at radius 1 is 0.918 bits per heavy atom. The van der Waals surface area contributed by atoms with Gasteiger partial charge in [0.1, 0.15) is 18.2 Å². The lowest BCUT2D eigenvalue weighted by Gasteiger charge is -2.47. The van der Waals surface area contributed by atoms with E-state index in [4.69, 9.17) is 23.7 Å². The van der Waals surface area contributed by atoms with Crippen LogP contribution >= 0.6 is 0 Å². The molecule has 350 valence electrons. The number of ether oxygens (including phenoxy) is 5. The van der Waals surface area contributed by atoms with Crippen LogP contribution < -0.4 is 0 Å². The summed E-state index contributed by atoms with van der Waals surface area (Å²) in [7, 11) is 4.67. The van der Waals surface area contributed by atoms with E-state index in [9.17, 15) is 35.1 Å². The van der Waals surface area contributed by atoms with E-state index in [1.165, 1.54) is 4.90 Å². The summed E-state index contributed by atoms with van der Waals surface area (Å²) < 4.78 is 30.0. The maximum atomic E-state index is 14.4. The Bertz CT molecular complexity index is 1560. The lowest BCUT2D eigenvalue weighted by molar-refractivity contribution is -0.302. The maximum absolute atomic E-state index is 14.4. The number of ketones is 1. The summed E-state index contributed by atoms with van der Waals surface area (Å²) in [5.41, 5.74) is 3.25. The average Bonchev–Trinajstić information content (AvgIpc) is 3.20. The predicted molar refractivity (Wildman–Crippen MR) is 235 cm³/mol. The second-order valence-electron chi connectivity index (χ2n) is 18.3. The van der Waals surface area contributed by atoms with E-state index in [1.807, 2.05) is 33.8 Å². The van der Waals surface area contributed by atoms with Gasteiger partial charge in [-0.25, -0.2) is 4.79 Å². The van der Waals surface area contributed by atoms with Crippen LogP contribution in [0.5, 0.6) is 0 Å². The predicted octanol–water partition coefficient (Wildman–Crippen LogP) is 5.68. The summed E-state index contributed by atoms with van der Waals surface area (Å²) in [4.78, 5) is 44.2. The first-order valence-electron chi connectivity index (χ1n) is 21.8. The highest BCUT2D eigenvalue weighted by Crippen LogP contribution is 2.39. The Morgan fingerprint density at radius 2 is 1.56 bits per heavy atom. The number of nitrogens with one attached hydrogen (secondary N) is 1. The molecule has 1 saturated carbocycles. The Kier molecular flexibility index (Phi) is 21.6. The van der Waals surface area contributed by atoms with Gasteiger partial charge in [0.25, 0.3) is 11.7 Å². The molecule has 6 N–H and O–H groups in total. The molecule has 3 heterocycles. The molecule has 2 saturated heterocycles. The van der Waals surface area contributed by atoms with Crippen molar-refractivity contribution in [3.05, 3.63) is 34.9 Å². The zero-order chi connectivity index (χ0) is 43.8. The number of cyclic esters (lactones) is 1. The lowest BCUT2D eigenvalue weighted by Crippen LogP contribution is -2.64. The third kappa shape index (κ3) is 13.6. The minimum Gasteiger partial charge on any atom is -0.456 e. The number of methoxy groups -OCH3 is 3. The molecule has 4 aliphatic rings. The van der Waals surface area contributed by atoms with E-state index < -0.39 is 77.9 Å². The summed E-state index contributed by atoms with van der Waals surface area (Å²) in [6, 6.07) is -1.12. The van der Waals surface area contributed by atoms with Gasteiger partial charge >= 0.3 is 5.97 Å². The number of nitrogens with zero attached hydrogens (tertiary/aromatic N) is 1. The topological polar surface area (TPSA) is 217 Å². The van der Waals surface area contributed by atoms with Crippen molar-refractivity contribution < 1.29 is 58.9 Å². The van der Waals surface area contributed by atoms with Crippen LogP contribution in [0.2, 0.25) is 0 Å². The van der Waals surface area contributed by atoms with E-state index in [2.05, 4.69) is 19.1 Å². The number of aliphatic hydroxyl groups excluding tert-OH is 2. The molecule has 0 aromatic heterocycles. The monoisotopic (exact) mass is 865 g/mol. The first-order chi connectivity index (χ1) is 27.8. The molecular weight excluding hydrogens is 785 g/mol. The Balaban J connectivity index is 0.00000641. The van der Waals surface area contributed by atoms with E-state index in [0.717, 1.165) is 11.1 Å². The van der Waals surface area contributed by atoms with Gasteiger partial charge < -0.3 is 54.8 Å². The molecule has 0 aromatic carbocycles. The van der Waals surface area contributed by atoms with Gasteiger partial charge in [-0.2, -0.15) is 0 Å². The minimum absolute atomic E-state index is 0. The van der Waals surface area contributed by atoms with Gasteiger partial charge in [0.2, 0.25) is 5.79 Å². The molecule has 14 atom stereocenters. The minimum atomic E-state index is -2.50. The van der Waals surface area contributed by atoms with Crippen molar-refractivity contribution in [2.45, 2.75) is 181 Å². The van der Waals surface area contributed by atoms with Crippen LogP contribution in [0.3, 0.4) is 0 Å². The highest BCUT2D eigenvalue weighted by Gasteiger charge is 2.56. The molecule has 61 heavy (non-hydrogen) atoms. The van der Waals surface area contributed by atoms with Crippen LogP contribution in [0.4, 0.5) is 0 Å². The number of carbonyl (C=O) groups excluding carboxylic acids is 3. The van der Waals surface area contributed by atoms with Crippen LogP contribution in [0.25, 0.3) is 0 Å². The number of rotatable bonds is 7. The van der Waals surface area contributed by atoms with Gasteiger partial charge in [-0.3, -0.25) is 9.59 Å². The molecule has 1 aliphatic carbocycles. The highest BCUT2D eigenvalue weighted by atomic mass is 16.7. The normalized spacial score (nSPS) is 38.6. The van der Waals surface area contributed by atoms with Gasteiger partial charge in [0, 0.05) is 57.8 Å². The number of piperidine rings is 1. The summed E-state index contributed by atoms with van der Waals surface area (Å²) in [6.45, 7) is 13.6. The number of Topliss-reactive ketones (excluding diaryl/α,β-unsaturated/α-hetero) is 1. The van der Waals surface area contributed by atoms with E-state index in [-0.39, 0.29) is 62.6 Å². The Hall–Kier alpha value is -2.82. The fraction of sp³-hybridized carbons (Fsp3) is 0.787. The number of allylic oxidation sites excluding steroid dienone is 5. The van der Waals surface area contributed by atoms with Crippen LogP contribution in [0.1, 0.15) is 127 Å². The quantitative estimate of drug-likeness (QED) is 0.139. The fourth-order valence-corrected chi connectivity index (χ4v) is 9.65. The molecule has 3 fully saturated rings. The van der Waals surface area contributed by atoms with E-state index in [0.29, 0.717) is 62.7 Å². The number of hydrogen-bond donors (Lipinski definition) is 4. The molecule has 4 rings (SSSR count). The van der Waals surface area contributed by atoms with Crippen molar-refractivity contribution in [3.63, 3.8) is 0 Å². The third-order valence-corrected chi connectivity index (χ3v) is 13.3. The Morgan fingerprint density at radius 3 is 2.18 bits per heavy atom. The molecule has 0 unspecified atom stereocenters. The van der Waals surface area contributed by atoms with Crippen molar-refractivity contribution in [1.82, 2.24) is 4.90 Å². The molecule has 1 amide bonds. The largest absolute Gasteiger partial charge is 0.456 e. The number of fused-ring (bicyclic) bond motifs is 3. The molecular formula is C47H80N2O12. The summed E-state index contributed by atoms with van der Waals surface area (Å²) in [5.74, 6) is -7.08. The zero-order valence-electron chi connectivity index (χ0n) is 37.8. The standard InChI is InChI=1S/C46H74N2O11.CH4.H2O/c1-26(2)14-16-33-20-27(3)19-28(4)21-39(56-9)42-40(57-10)23-30(6)46(54,59-42)43(51)44(52)48-18-12-11-13-35(48)45(53)58-41(31(7)37(50)25-34(33)47)29(5)22-32-15-17-36(49)38(24-32)55-8;;/h14,20,22,28,30-33,35-42,47,49-50,54H,11-13,15-19,21,23-25H2,1-10H3;1H4;1H2/b27-20+,29-22+,47-34?;;/t28-,30+,31+,32-,33+,35-,36+,37-,38+,39-,40-,41+,42+,46+;;/m0../s1. The van der Waals surface area contributed by atoms with Crippen molar-refractivity contribution in [1.29, 1.82) is 5.41 Å². The lowest BCUT2D eigenvalue weighted by atomic mass is 9.81. The zero-order valence-corrected chi connectivity index (χ0v) is 37.8. The number of carbonyl (C=O) groups is 3. The van der Waals surface area contributed by atoms with E-state index >= 15 is 0 Å². The number of esters is 1. The van der Waals surface area contributed by atoms with Crippen LogP contribution in [0.15, 0.2) is 34.9 Å². The van der Waals surface area contributed by atoms with Crippen LogP contribution in [-0.4, -0.2) is 131 Å². The highest BCUT2D eigenvalue weighted by molar-refractivity contribution is 6.39. The molecule has 0 radical (unpaired) electrons. The third-order valence-electron chi connectivity index (χ3n) is 13.3. The SMILES string of the molecule is C.CO[C@H]1C[C@@H](C)C/C(C)=C/[C@@H](CC=C(C)C)C(=N)C[C@H](O)[C@@H](C)[C@@H](/C(C)=C/[C@@H]2CC[C@@H](O)[C@H](OC)C2)OC(=O)[C@@H]2CCCCN2C(=O)C(=O)[C@]2(O)O[C@H]1[C@@H](OC)C[C@H]2C.O. The summed E-state index contributed by atoms with van der Waals surface area (Å²) >= 11 is 0. The summed E-state index contributed by atoms with van der Waals surface area (Å²) in [6.07, 6.45) is 6.55. The van der Waals surface area contributed by atoms with Crippen LogP contribution in [0, 0.1) is 35.0 Å². The second kappa shape index (κ2) is 24.3. The average molecular weight is 865 g/mol. The second-order valence-corrected chi connectivity index (χ2v) is 18.3. The molecule has 2 bridgehead atoms. The smallest absolute Gasteiger partial charge is 0.329 e. The molecule has 14 nitrogen and oxygen atoms in total. The maximum Gasteiger partial charge on any atom is 0.329 e. The number of aliphatic hydroxyl groups is 3.